The molecule has 9 aromatic rings. The predicted octanol–water partition coefficient (Wildman–Crippen LogP) is 14.2. The highest BCUT2D eigenvalue weighted by Gasteiger charge is 2.31. The van der Waals surface area contributed by atoms with E-state index in [1.54, 1.807) is 41.3 Å². The summed E-state index contributed by atoms with van der Waals surface area (Å²) in [5.41, 5.74) is 2.34. The van der Waals surface area contributed by atoms with E-state index >= 15 is 0 Å². The number of aromatic nitrogens is 2. The maximum Gasteiger partial charge on any atom is 0.137 e. The monoisotopic (exact) mass is 772 g/mol. The minimum Gasteiger partial charge on any atom is -0.457 e. The van der Waals surface area contributed by atoms with Crippen LogP contribution in [-0.2, 0) is 5.41 Å². The number of fused-ring (bicyclic) bond motifs is 4. The van der Waals surface area contributed by atoms with Crippen LogP contribution in [0.15, 0.2) is 182 Å². The molecule has 58 heavy (non-hydrogen) atoms. The summed E-state index contributed by atoms with van der Waals surface area (Å²) in [5.74, 6) is -1.51. The molecule has 0 N–H and O–H groups in total. The molecule has 3 heterocycles. The number of anilines is 4. The van der Waals surface area contributed by atoms with Gasteiger partial charge in [-0.05, 0) is 89.0 Å². The van der Waals surface area contributed by atoms with E-state index in [4.69, 9.17) is 28.0 Å². The molecule has 2 aromatic heterocycles. The zero-order chi connectivity index (χ0) is 56.7. The van der Waals surface area contributed by atoms with Gasteiger partial charge in [0.2, 0.25) is 0 Å². The van der Waals surface area contributed by atoms with Crippen molar-refractivity contribution in [3.8, 4) is 39.6 Å². The van der Waals surface area contributed by atoms with Crippen LogP contribution < -0.4 is 14.5 Å². The largest absolute Gasteiger partial charge is 0.457 e. The number of hydrogen-bond donors (Lipinski definition) is 0. The molecule has 0 bridgehead atoms. The number of rotatable bonds is 7. The van der Waals surface area contributed by atoms with E-state index in [0.717, 1.165) is 21.8 Å². The average molecular weight is 773 g/mol. The molecule has 282 valence electrons. The summed E-state index contributed by atoms with van der Waals surface area (Å²) in [6, 6.07) is 12.7. The molecule has 0 spiro atoms. The van der Waals surface area contributed by atoms with E-state index in [-0.39, 0.29) is 45.1 Å². The van der Waals surface area contributed by atoms with Crippen LogP contribution in [0.25, 0.3) is 49.9 Å². The second-order valence-electron chi connectivity index (χ2n) is 14.6. The van der Waals surface area contributed by atoms with E-state index in [1.165, 1.54) is 6.07 Å². The molecule has 0 aliphatic carbocycles. The summed E-state index contributed by atoms with van der Waals surface area (Å²) in [6.45, 7) is 2.98. The first kappa shape index (κ1) is 19.8. The van der Waals surface area contributed by atoms with Crippen LogP contribution >= 0.6 is 0 Å². The van der Waals surface area contributed by atoms with Crippen LogP contribution in [0.4, 0.5) is 22.7 Å². The van der Waals surface area contributed by atoms with E-state index in [2.05, 4.69) is 25.8 Å². The number of benzene rings is 7. The highest BCUT2D eigenvalue weighted by Crippen LogP contribution is 2.50. The Hall–Kier alpha value is -7.11. The third-order valence-electron chi connectivity index (χ3n) is 10.0. The van der Waals surface area contributed by atoms with Crippen LogP contribution in [0.1, 0.15) is 59.3 Å². The van der Waals surface area contributed by atoms with E-state index in [1.807, 2.05) is 35.2 Å². The molecule has 0 atom stereocenters. The quantitative estimate of drug-likeness (QED) is 0.162. The minimum absolute atomic E-state index is 0.0210. The van der Waals surface area contributed by atoms with Gasteiger partial charge in [0.05, 0.1) is 51.4 Å². The van der Waals surface area contributed by atoms with Gasteiger partial charge in [0.1, 0.15) is 24.0 Å². The lowest BCUT2D eigenvalue weighted by Crippen LogP contribution is -2.25. The van der Waals surface area contributed by atoms with Crippen molar-refractivity contribution in [1.29, 1.82) is 0 Å². The van der Waals surface area contributed by atoms with Gasteiger partial charge in [-0.3, -0.25) is 4.57 Å². The fourth-order valence-corrected chi connectivity index (χ4v) is 7.34. The third kappa shape index (κ3) is 6.25. The van der Waals surface area contributed by atoms with Gasteiger partial charge in [0.15, 0.2) is 0 Å². The van der Waals surface area contributed by atoms with E-state index < -0.39 is 133 Å². The Labute approximate surface area is 368 Å². The Morgan fingerprint density at radius 1 is 0.638 bits per heavy atom. The Kier molecular flexibility index (Phi) is 4.83. The molecule has 1 aliphatic heterocycles. The van der Waals surface area contributed by atoms with Crippen molar-refractivity contribution in [3.05, 3.63) is 193 Å². The van der Waals surface area contributed by atoms with Crippen LogP contribution in [0.3, 0.4) is 0 Å². The third-order valence-corrected chi connectivity index (χ3v) is 10.0. The molecule has 7 aromatic carbocycles. The second kappa shape index (κ2) is 14.1. The lowest BCUT2D eigenvalue weighted by Gasteiger charge is -2.28. The molecule has 0 saturated heterocycles. The van der Waals surface area contributed by atoms with E-state index in [9.17, 15) is 4.11 Å². The van der Waals surface area contributed by atoms with Gasteiger partial charge in [-0.2, -0.15) is 0 Å². The van der Waals surface area contributed by atoms with Crippen molar-refractivity contribution in [2.45, 2.75) is 33.0 Å². The molecule has 0 unspecified atom stereocenters. The first-order chi connectivity index (χ1) is 36.6. The van der Waals surface area contributed by atoms with Crippen molar-refractivity contribution < 1.29 is 32.2 Å². The van der Waals surface area contributed by atoms with Gasteiger partial charge < -0.3 is 14.5 Å². The fourth-order valence-electron chi connectivity index (χ4n) is 7.34. The summed E-state index contributed by atoms with van der Waals surface area (Å²) in [6.07, 6.45) is -0.877. The summed E-state index contributed by atoms with van der Waals surface area (Å²) in [4.78, 5) is 7.62. The smallest absolute Gasteiger partial charge is 0.137 e. The van der Waals surface area contributed by atoms with Gasteiger partial charge in [0, 0.05) is 50.0 Å². The van der Waals surface area contributed by atoms with Crippen molar-refractivity contribution >= 4 is 44.6 Å². The average Bonchev–Trinajstić information content (AvgIpc) is 4.15. The zero-order valence-corrected chi connectivity index (χ0v) is 31.4. The number of hydrogen-bond acceptors (Lipinski definition) is 4. The molecule has 5 nitrogen and oxygen atoms in total. The van der Waals surface area contributed by atoms with Gasteiger partial charge >= 0.3 is 0 Å². The van der Waals surface area contributed by atoms with Crippen molar-refractivity contribution in [1.82, 2.24) is 9.55 Å². The van der Waals surface area contributed by atoms with Gasteiger partial charge in [-0.15, -0.1) is 0 Å². The van der Waals surface area contributed by atoms with Gasteiger partial charge in [-0.25, -0.2) is 4.98 Å². The SMILES string of the molecule is [2H]c1nc(-n2c3cc(Oc4cc(N5CN(c6c(-c7cccc(C(C)(C)C)c7)cccc6-c6c([2H])c([2H])c([2H])c([2H])c6[2H])c6ccccc65)c([2H])c([2H])c4[2H])c([2H])c([2H])c3c3c([2H])c([2H])c([2H])c([2H])c32)c([2H])c(C([2H])([2H])[2H])c1[2H]. The number of para-hydroxylation sites is 4. The molecule has 0 amide bonds. The van der Waals surface area contributed by atoms with Gasteiger partial charge in [-0.1, -0.05) is 130 Å². The molecular weight excluding hydrogens is 709 g/mol. The number of pyridine rings is 1. The summed E-state index contributed by atoms with van der Waals surface area (Å²) in [5, 5.41) is -0.561. The molecule has 5 heteroatoms. The van der Waals surface area contributed by atoms with Crippen LogP contribution in [-0.4, -0.2) is 16.2 Å². The van der Waals surface area contributed by atoms with Crippen LogP contribution in [0.5, 0.6) is 11.5 Å². The highest BCUT2D eigenvalue weighted by molar-refractivity contribution is 6.09. The van der Waals surface area contributed by atoms with Crippen molar-refractivity contribution in [2.24, 2.45) is 0 Å². The molecule has 0 saturated carbocycles. The first-order valence-electron chi connectivity index (χ1n) is 28.4. The Balaban J connectivity index is 1.18. The topological polar surface area (TPSA) is 33.5 Å². The molecule has 10 rings (SSSR count). The van der Waals surface area contributed by atoms with Crippen LogP contribution in [0.2, 0.25) is 0 Å². The molecule has 1 aliphatic rings. The van der Waals surface area contributed by atoms with Crippen molar-refractivity contribution in [2.75, 3.05) is 16.5 Å². The highest BCUT2D eigenvalue weighted by atomic mass is 16.5. The first-order valence-corrected chi connectivity index (χ1v) is 18.4. The minimum atomic E-state index is -3.12. The number of nitrogens with zero attached hydrogens (tertiary/aromatic N) is 4. The van der Waals surface area contributed by atoms with Crippen LogP contribution in [0, 0.1) is 6.85 Å². The zero-order valence-electron chi connectivity index (χ0n) is 51.4. The summed E-state index contributed by atoms with van der Waals surface area (Å²) in [7, 11) is 0. The lowest BCUT2D eigenvalue weighted by molar-refractivity contribution is 0.483. The maximum absolute atomic E-state index is 9.34. The lowest BCUT2D eigenvalue weighted by atomic mass is 9.85. The molecule has 0 fully saturated rings. The fraction of sp³-hybridized carbons (Fsp3) is 0.113. The Morgan fingerprint density at radius 2 is 1.38 bits per heavy atom. The predicted molar refractivity (Wildman–Crippen MR) is 241 cm³/mol. The second-order valence-corrected chi connectivity index (χ2v) is 14.6. The molecular formula is C53H44N4O. The summed E-state index contributed by atoms with van der Waals surface area (Å²) < 4.78 is 183. The standard InChI is InChI=1S/C53H44N4O/c1-36-29-30-54-51(31-36)57-47-24-9-8-21-45(47)46-28-27-42(34-50(46)57)58-41-20-13-19-40(33-41)55-35-56(49-26-11-10-25-48(49)55)52-43(37-15-6-5-7-16-37)22-14-23-44(52)38-17-12-18-39(32-38)53(2,3)4/h5-34H,35H2,1-4H3/i1D3,5D,6D,7D,8D,9D,13D,15D,16D,19D,20D,21D,24D,27D,28D,29D,30D,31D. The van der Waals surface area contributed by atoms with E-state index in [0.29, 0.717) is 28.2 Å². The molecule has 0 radical (unpaired) electrons. The Bertz CT molecular complexity index is 4050. The maximum atomic E-state index is 9.34. The number of ether oxygens (including phenoxy) is 1. The van der Waals surface area contributed by atoms with Gasteiger partial charge in [0.25, 0.3) is 0 Å². The van der Waals surface area contributed by atoms with Crippen molar-refractivity contribution in [3.63, 3.8) is 0 Å². The Morgan fingerprint density at radius 3 is 2.21 bits per heavy atom. The normalized spacial score (nSPS) is 17.8. The summed E-state index contributed by atoms with van der Waals surface area (Å²) >= 11 is 0.